The first kappa shape index (κ1) is 80.7. The number of hydrogen-bond donors (Lipinski definition) is 7. The number of likely N-dealkylation sites (tertiary alicyclic amines) is 1. The lowest BCUT2D eigenvalue weighted by Crippen LogP contribution is -2.55. The maximum atomic E-state index is 13.4. The molecule has 1 saturated heterocycles. The van der Waals surface area contributed by atoms with Gasteiger partial charge < -0.3 is 56.3 Å². The van der Waals surface area contributed by atoms with Crippen LogP contribution in [0.25, 0.3) is 0 Å². The minimum absolute atomic E-state index is 0.159. The van der Waals surface area contributed by atoms with Gasteiger partial charge in [-0.1, -0.05) is 239 Å². The molecule has 1 aliphatic heterocycles. The second kappa shape index (κ2) is 56.9. The third-order valence-electron chi connectivity index (χ3n) is 16.2. The van der Waals surface area contributed by atoms with Gasteiger partial charge in [0.2, 0.25) is 47.3 Å². The zero-order valence-electron chi connectivity index (χ0n) is 55.2. The van der Waals surface area contributed by atoms with Crippen LogP contribution in [-0.4, -0.2) is 158 Å². The van der Waals surface area contributed by atoms with Gasteiger partial charge in [-0.15, -0.1) is 0 Å². The average molecular weight is 1250 g/mol. The van der Waals surface area contributed by atoms with Crippen LogP contribution < -0.4 is 31.9 Å². The topological polar surface area (TPSA) is 288 Å². The fourth-order valence-electron chi connectivity index (χ4n) is 10.8. The van der Waals surface area contributed by atoms with Crippen LogP contribution in [0.1, 0.15) is 284 Å². The Morgan fingerprint density at radius 2 is 0.852 bits per heavy atom. The molecule has 0 radical (unpaired) electrons. The molecule has 21 heteroatoms. The van der Waals surface area contributed by atoms with Crippen LogP contribution in [0.2, 0.25) is 0 Å². The van der Waals surface area contributed by atoms with Gasteiger partial charge in [0.1, 0.15) is 31.8 Å². The predicted octanol–water partition coefficient (Wildman–Crippen LogP) is 9.79. The maximum absolute atomic E-state index is 13.4. The summed E-state index contributed by atoms with van der Waals surface area (Å²) >= 11 is 0. The molecule has 0 spiro atoms. The second-order valence-corrected chi connectivity index (χ2v) is 24.2. The van der Waals surface area contributed by atoms with E-state index in [0.29, 0.717) is 25.9 Å². The second-order valence-electron chi connectivity index (χ2n) is 24.2. The van der Waals surface area contributed by atoms with E-state index in [0.717, 1.165) is 64.2 Å². The fourth-order valence-corrected chi connectivity index (χ4v) is 10.8. The van der Waals surface area contributed by atoms with Crippen LogP contribution in [0, 0.1) is 0 Å². The van der Waals surface area contributed by atoms with E-state index in [4.69, 9.17) is 9.47 Å². The number of ether oxygens (including phenoxy) is 2. The van der Waals surface area contributed by atoms with Crippen LogP contribution in [0.4, 0.5) is 0 Å². The summed E-state index contributed by atoms with van der Waals surface area (Å²) < 4.78 is 10.6. The molecule has 1 aliphatic rings. The number of carbonyl (C=O) groups excluding carboxylic acids is 9. The molecule has 0 unspecified atom stereocenters. The number of rotatable bonds is 60. The van der Waals surface area contributed by atoms with E-state index < -0.39 is 111 Å². The highest BCUT2D eigenvalue weighted by molar-refractivity contribution is 5.95. The van der Waals surface area contributed by atoms with Crippen molar-refractivity contribution < 1.29 is 62.5 Å². The fraction of sp³-hybridized carbons (Fsp3) is 0.851. The summed E-state index contributed by atoms with van der Waals surface area (Å²) in [6.45, 7) is 5.12. The smallest absolute Gasteiger partial charge is 0.325 e. The van der Waals surface area contributed by atoms with Gasteiger partial charge in [0.05, 0.1) is 32.8 Å². The van der Waals surface area contributed by atoms with Crippen LogP contribution in [-0.2, 0) is 57.4 Å². The van der Waals surface area contributed by atoms with E-state index in [1.807, 2.05) is 4.90 Å². The van der Waals surface area contributed by atoms with Crippen molar-refractivity contribution in [3.8, 4) is 0 Å². The molecule has 0 aromatic heterocycles. The number of aliphatic carboxylic acids is 1. The first-order valence-corrected chi connectivity index (χ1v) is 34.9. The van der Waals surface area contributed by atoms with E-state index >= 15 is 0 Å². The molecular formula is C67H122N8O13. The Bertz CT molecular complexity index is 1870. The molecule has 0 aliphatic carbocycles. The Morgan fingerprint density at radius 1 is 0.466 bits per heavy atom. The number of nitrogens with one attached hydrogen (secondary N) is 6. The molecule has 88 heavy (non-hydrogen) atoms. The van der Waals surface area contributed by atoms with Crippen molar-refractivity contribution in [1.29, 1.82) is 0 Å². The summed E-state index contributed by atoms with van der Waals surface area (Å²) in [7, 11) is 0. The predicted molar refractivity (Wildman–Crippen MR) is 345 cm³/mol. The first-order valence-electron chi connectivity index (χ1n) is 34.9. The Morgan fingerprint density at radius 3 is 1.30 bits per heavy atom. The van der Waals surface area contributed by atoms with Crippen LogP contribution in [0.3, 0.4) is 0 Å². The third kappa shape index (κ3) is 46.7. The molecule has 0 saturated carbocycles. The highest BCUT2D eigenvalue weighted by Gasteiger charge is 2.36. The molecule has 1 fully saturated rings. The number of unbranched alkanes of at least 4 members (excludes halogenated alkanes) is 34. The number of hydrogen-bond acceptors (Lipinski definition) is 12. The van der Waals surface area contributed by atoms with E-state index in [-0.39, 0.29) is 38.5 Å². The Balaban J connectivity index is 2.50. The zero-order chi connectivity index (χ0) is 64.5. The molecule has 1 heterocycles. The molecule has 0 aromatic carbocycles. The van der Waals surface area contributed by atoms with E-state index in [1.54, 1.807) is 0 Å². The summed E-state index contributed by atoms with van der Waals surface area (Å²) in [6.07, 6.45) is 45.5. The van der Waals surface area contributed by atoms with Gasteiger partial charge >= 0.3 is 11.9 Å². The highest BCUT2D eigenvalue weighted by Crippen LogP contribution is 2.19. The minimum Gasteiger partial charge on any atom is -0.481 e. The van der Waals surface area contributed by atoms with Crippen molar-refractivity contribution >= 4 is 59.2 Å². The Kier molecular flexibility index (Phi) is 52.1. The largest absolute Gasteiger partial charge is 0.481 e. The first-order chi connectivity index (χ1) is 42.7. The Labute approximate surface area is 529 Å². The number of carbonyl (C=O) groups is 10. The Hall–Kier alpha value is -5.34. The lowest BCUT2D eigenvalue weighted by atomic mass is 10.0. The third-order valence-corrected chi connectivity index (χ3v) is 16.2. The van der Waals surface area contributed by atoms with E-state index in [9.17, 15) is 53.1 Å². The lowest BCUT2D eigenvalue weighted by Gasteiger charge is -2.26. The molecule has 508 valence electrons. The average Bonchev–Trinajstić information content (AvgIpc) is 4.11. The normalized spacial score (nSPS) is 13.1. The van der Waals surface area contributed by atoms with Crippen molar-refractivity contribution in [2.75, 3.05) is 72.2 Å². The summed E-state index contributed by atoms with van der Waals surface area (Å²) in [5.74, 6) is -6.97. The van der Waals surface area contributed by atoms with Crippen molar-refractivity contribution in [3.05, 3.63) is 0 Å². The molecule has 21 nitrogen and oxygen atoms in total. The van der Waals surface area contributed by atoms with Gasteiger partial charge in [0.15, 0.2) is 0 Å². The highest BCUT2D eigenvalue weighted by atomic mass is 16.5. The quantitative estimate of drug-likeness (QED) is 0.0221. The molecule has 2 atom stereocenters. The van der Waals surface area contributed by atoms with Gasteiger partial charge in [-0.05, 0) is 38.5 Å². The van der Waals surface area contributed by atoms with Crippen molar-refractivity contribution in [1.82, 2.24) is 41.7 Å². The monoisotopic (exact) mass is 1250 g/mol. The van der Waals surface area contributed by atoms with Crippen molar-refractivity contribution in [3.63, 3.8) is 0 Å². The number of amides is 8. The van der Waals surface area contributed by atoms with Gasteiger partial charge in [-0.3, -0.25) is 47.9 Å². The summed E-state index contributed by atoms with van der Waals surface area (Å²) in [6, 6.07) is -2.42. The molecule has 8 amide bonds. The SMILES string of the molecule is CCCCCCCCCCCCCCCCCCN(CCCCCCCCCCCCCCCCCC)C(=O)COCC(=O)NCC(=O)NCC(=O)NCC(=O)N1CCC[C@H]1C(=O)N[C@@H](CCC(=O)O)C(=O)NCC(=O)NCC(=O)OCCCCCCC. The summed E-state index contributed by atoms with van der Waals surface area (Å²) in [4.78, 5) is 130. The number of esters is 1. The van der Waals surface area contributed by atoms with E-state index in [2.05, 4.69) is 52.7 Å². The van der Waals surface area contributed by atoms with Gasteiger partial charge in [-0.2, -0.15) is 0 Å². The lowest BCUT2D eigenvalue weighted by molar-refractivity contribution is -0.144. The number of nitrogens with zero attached hydrogens (tertiary/aromatic N) is 2. The standard InChI is InChI=1S/C67H122N8O13/c1-4-7-10-13-15-17-19-21-23-25-27-29-31-33-35-38-45-74(46-39-36-34-32-30-28-26-24-22-20-18-16-14-11-8-5-2)63(81)55-87-54-61(79)69-50-58(76)68-49-59(77)70-52-62(80)75-47-41-42-57(75)67(86)73-56(43-44-64(82)83)66(85)72-51-60(78)71-53-65(84)88-48-40-37-12-9-6-3/h56-57H,4-55H2,1-3H3,(H,68,76)(H,69,79)(H,70,77)(H,71,78)(H,72,85)(H,73,86)(H,82,83)/t56-,57-/m0/s1. The summed E-state index contributed by atoms with van der Waals surface area (Å²) in [5.41, 5.74) is 0. The van der Waals surface area contributed by atoms with Crippen molar-refractivity contribution in [2.45, 2.75) is 296 Å². The molecule has 0 bridgehead atoms. The molecule has 0 aromatic rings. The molecule has 7 N–H and O–H groups in total. The van der Waals surface area contributed by atoms with E-state index in [1.165, 1.54) is 172 Å². The van der Waals surface area contributed by atoms with Crippen molar-refractivity contribution in [2.24, 2.45) is 0 Å². The van der Waals surface area contributed by atoms with Gasteiger partial charge in [0.25, 0.3) is 0 Å². The van der Waals surface area contributed by atoms with Gasteiger partial charge in [0, 0.05) is 26.1 Å². The zero-order valence-corrected chi connectivity index (χ0v) is 55.2. The molecule has 1 rings (SSSR count). The molecular weight excluding hydrogens is 1120 g/mol. The van der Waals surface area contributed by atoms with Crippen LogP contribution >= 0.6 is 0 Å². The number of carboxylic acids is 1. The number of carboxylic acid groups (broad SMARTS) is 1. The maximum Gasteiger partial charge on any atom is 0.325 e. The minimum atomic E-state index is -1.38. The van der Waals surface area contributed by atoms with Crippen LogP contribution in [0.15, 0.2) is 0 Å². The summed E-state index contributed by atoms with van der Waals surface area (Å²) in [5, 5.41) is 23.7. The van der Waals surface area contributed by atoms with Gasteiger partial charge in [-0.25, -0.2) is 0 Å². The van der Waals surface area contributed by atoms with Crippen LogP contribution in [0.5, 0.6) is 0 Å².